The third-order valence-corrected chi connectivity index (χ3v) is 7.16. The summed E-state index contributed by atoms with van der Waals surface area (Å²) in [6.07, 6.45) is 3.39. The first-order valence-electron chi connectivity index (χ1n) is 10.9. The lowest BCUT2D eigenvalue weighted by molar-refractivity contribution is -0.148. The van der Waals surface area contributed by atoms with Crippen molar-refractivity contribution >= 4 is 17.7 Å². The van der Waals surface area contributed by atoms with E-state index >= 15 is 0 Å². The normalized spacial score (nSPS) is 27.9. The third-order valence-electron chi connectivity index (χ3n) is 7.16. The van der Waals surface area contributed by atoms with E-state index in [1.807, 2.05) is 60.7 Å². The Kier molecular flexibility index (Phi) is 4.89. The molecule has 1 N–H and O–H groups in total. The molecule has 2 bridgehead atoms. The van der Waals surface area contributed by atoms with E-state index in [2.05, 4.69) is 5.32 Å². The summed E-state index contributed by atoms with van der Waals surface area (Å²) in [5.74, 6) is -0.331. The van der Waals surface area contributed by atoms with E-state index < -0.39 is 6.04 Å². The molecule has 3 aliphatic rings. The lowest BCUT2D eigenvalue weighted by atomic mass is 9.81. The van der Waals surface area contributed by atoms with Crippen LogP contribution in [0.3, 0.4) is 0 Å². The van der Waals surface area contributed by atoms with E-state index in [4.69, 9.17) is 0 Å². The van der Waals surface area contributed by atoms with Gasteiger partial charge in [-0.3, -0.25) is 19.3 Å². The van der Waals surface area contributed by atoms with Crippen molar-refractivity contribution in [3.63, 3.8) is 0 Å². The van der Waals surface area contributed by atoms with Gasteiger partial charge >= 0.3 is 0 Å². The van der Waals surface area contributed by atoms with E-state index in [0.29, 0.717) is 24.8 Å². The summed E-state index contributed by atoms with van der Waals surface area (Å²) >= 11 is 0. The number of carbonyl (C=O) groups is 3. The minimum absolute atomic E-state index is 0.131. The molecule has 1 heterocycles. The first-order chi connectivity index (χ1) is 14.6. The Morgan fingerprint density at radius 2 is 1.40 bits per heavy atom. The summed E-state index contributed by atoms with van der Waals surface area (Å²) in [7, 11) is 0. The van der Waals surface area contributed by atoms with Crippen molar-refractivity contribution < 1.29 is 14.4 Å². The minimum atomic E-state index is -0.805. The van der Waals surface area contributed by atoms with E-state index in [1.165, 1.54) is 4.90 Å². The van der Waals surface area contributed by atoms with Crippen LogP contribution < -0.4 is 5.32 Å². The highest BCUT2D eigenvalue weighted by Crippen LogP contribution is 2.56. The van der Waals surface area contributed by atoms with Gasteiger partial charge in [0, 0.05) is 13.0 Å². The van der Waals surface area contributed by atoms with Crippen LogP contribution in [0.5, 0.6) is 0 Å². The summed E-state index contributed by atoms with van der Waals surface area (Å²) in [4.78, 5) is 41.2. The maximum Gasteiger partial charge on any atom is 0.243 e. The van der Waals surface area contributed by atoms with Crippen LogP contribution in [0, 0.1) is 23.7 Å². The molecule has 2 aromatic carbocycles. The molecule has 5 nitrogen and oxygen atoms in total. The maximum atomic E-state index is 13.3. The molecule has 0 radical (unpaired) electrons. The van der Waals surface area contributed by atoms with Gasteiger partial charge in [0.2, 0.25) is 17.7 Å². The van der Waals surface area contributed by atoms with Crippen LogP contribution in [0.1, 0.15) is 30.4 Å². The van der Waals surface area contributed by atoms with Gasteiger partial charge in [0.05, 0.1) is 11.8 Å². The van der Waals surface area contributed by atoms with Crippen LogP contribution in [0.2, 0.25) is 0 Å². The second-order valence-corrected chi connectivity index (χ2v) is 8.84. The van der Waals surface area contributed by atoms with Crippen LogP contribution in [-0.2, 0) is 27.3 Å². The van der Waals surface area contributed by atoms with E-state index in [9.17, 15) is 14.4 Å². The maximum absolute atomic E-state index is 13.3. The van der Waals surface area contributed by atoms with Gasteiger partial charge in [-0.1, -0.05) is 60.7 Å². The lowest BCUT2D eigenvalue weighted by Crippen LogP contribution is -2.51. The highest BCUT2D eigenvalue weighted by Gasteiger charge is 2.62. The van der Waals surface area contributed by atoms with Crippen molar-refractivity contribution in [2.75, 3.05) is 0 Å². The number of imide groups is 1. The molecule has 2 aromatic rings. The second-order valence-electron chi connectivity index (χ2n) is 8.84. The van der Waals surface area contributed by atoms with E-state index in [1.54, 1.807) is 0 Å². The fourth-order valence-corrected chi connectivity index (χ4v) is 5.78. The first kappa shape index (κ1) is 19.0. The monoisotopic (exact) mass is 402 g/mol. The Balaban J connectivity index is 1.40. The number of likely N-dealkylation sites (tertiary alicyclic amines) is 1. The zero-order valence-electron chi connectivity index (χ0n) is 16.9. The van der Waals surface area contributed by atoms with Gasteiger partial charge in [-0.05, 0) is 42.2 Å². The SMILES string of the molecule is O=C(NCc1ccccc1)[C@H](Cc1ccccc1)N1C(=O)[C@H]2[C@H]3CC[C@@H](C3)[C@@H]2C1=O. The highest BCUT2D eigenvalue weighted by atomic mass is 16.2. The average Bonchev–Trinajstić information content (AvgIpc) is 3.46. The molecule has 30 heavy (non-hydrogen) atoms. The molecule has 2 aliphatic carbocycles. The first-order valence-corrected chi connectivity index (χ1v) is 10.9. The minimum Gasteiger partial charge on any atom is -0.350 e. The Bertz CT molecular complexity index is 931. The summed E-state index contributed by atoms with van der Waals surface area (Å²) in [5, 5.41) is 2.96. The molecule has 2 saturated carbocycles. The number of carbonyl (C=O) groups excluding carboxylic acids is 3. The van der Waals surface area contributed by atoms with Crippen LogP contribution in [-0.4, -0.2) is 28.7 Å². The van der Waals surface area contributed by atoms with Crippen molar-refractivity contribution in [1.29, 1.82) is 0 Å². The van der Waals surface area contributed by atoms with Crippen LogP contribution in [0.15, 0.2) is 60.7 Å². The standard InChI is InChI=1S/C25H26N2O3/c28-23(26-15-17-9-5-2-6-10-17)20(13-16-7-3-1-4-8-16)27-24(29)21-18-11-12-19(14-18)22(21)25(27)30/h1-10,18-22H,11-15H2,(H,26,28)/t18-,19-,20-,21-,22-/m0/s1. The number of amides is 3. The Morgan fingerprint density at radius 1 is 0.867 bits per heavy atom. The number of rotatable bonds is 6. The molecule has 1 aliphatic heterocycles. The number of nitrogens with one attached hydrogen (secondary N) is 1. The number of benzene rings is 2. The molecule has 0 aromatic heterocycles. The molecule has 0 unspecified atom stereocenters. The zero-order chi connectivity index (χ0) is 20.7. The van der Waals surface area contributed by atoms with E-state index in [-0.39, 0.29) is 29.6 Å². The highest BCUT2D eigenvalue weighted by molar-refractivity contribution is 6.09. The summed E-state index contributed by atoms with van der Waals surface area (Å²) < 4.78 is 0. The summed E-state index contributed by atoms with van der Waals surface area (Å²) in [6, 6.07) is 18.5. The molecule has 0 spiro atoms. The number of nitrogens with zero attached hydrogens (tertiary/aromatic N) is 1. The molecule has 3 amide bonds. The topological polar surface area (TPSA) is 66.5 Å². The van der Waals surface area contributed by atoms with Gasteiger partial charge in [-0.25, -0.2) is 0 Å². The van der Waals surface area contributed by atoms with Crippen molar-refractivity contribution in [1.82, 2.24) is 10.2 Å². The van der Waals surface area contributed by atoms with E-state index in [0.717, 1.165) is 30.4 Å². The smallest absolute Gasteiger partial charge is 0.243 e. The predicted octanol–water partition coefficient (Wildman–Crippen LogP) is 2.95. The number of hydrogen-bond donors (Lipinski definition) is 1. The Labute approximate surface area is 176 Å². The van der Waals surface area contributed by atoms with Crippen LogP contribution in [0.25, 0.3) is 0 Å². The zero-order valence-corrected chi connectivity index (χ0v) is 16.9. The number of hydrogen-bond acceptors (Lipinski definition) is 3. The molecular formula is C25H26N2O3. The molecule has 5 atom stereocenters. The van der Waals surface area contributed by atoms with Gasteiger partial charge in [-0.2, -0.15) is 0 Å². The summed E-state index contributed by atoms with van der Waals surface area (Å²) in [5.41, 5.74) is 1.93. The van der Waals surface area contributed by atoms with Gasteiger partial charge in [-0.15, -0.1) is 0 Å². The Hall–Kier alpha value is -2.95. The largest absolute Gasteiger partial charge is 0.350 e. The van der Waals surface area contributed by atoms with Crippen molar-refractivity contribution in [2.45, 2.75) is 38.3 Å². The van der Waals surface area contributed by atoms with Crippen LogP contribution >= 0.6 is 0 Å². The Morgan fingerprint density at radius 3 is 1.97 bits per heavy atom. The number of fused-ring (bicyclic) bond motifs is 5. The van der Waals surface area contributed by atoms with Crippen molar-refractivity contribution in [3.8, 4) is 0 Å². The van der Waals surface area contributed by atoms with Gasteiger partial charge in [0.15, 0.2) is 0 Å². The molecule has 154 valence electrons. The predicted molar refractivity (Wildman–Crippen MR) is 112 cm³/mol. The second kappa shape index (κ2) is 7.71. The molecule has 5 rings (SSSR count). The molecule has 3 fully saturated rings. The fourth-order valence-electron chi connectivity index (χ4n) is 5.78. The van der Waals surface area contributed by atoms with Gasteiger partial charge in [0.25, 0.3) is 0 Å². The quantitative estimate of drug-likeness (QED) is 0.756. The van der Waals surface area contributed by atoms with Gasteiger partial charge in [0.1, 0.15) is 6.04 Å². The van der Waals surface area contributed by atoms with Gasteiger partial charge < -0.3 is 5.32 Å². The lowest BCUT2D eigenvalue weighted by Gasteiger charge is -2.27. The average molecular weight is 402 g/mol. The van der Waals surface area contributed by atoms with Crippen LogP contribution in [0.4, 0.5) is 0 Å². The molecule has 5 heteroatoms. The van der Waals surface area contributed by atoms with Crippen molar-refractivity contribution in [3.05, 3.63) is 71.8 Å². The third kappa shape index (κ3) is 3.22. The summed E-state index contributed by atoms with van der Waals surface area (Å²) in [6.45, 7) is 0.374. The fraction of sp³-hybridized carbons (Fsp3) is 0.400. The molecule has 1 saturated heterocycles. The van der Waals surface area contributed by atoms with Crippen molar-refractivity contribution in [2.24, 2.45) is 23.7 Å². The molecular weight excluding hydrogens is 376 g/mol.